The van der Waals surface area contributed by atoms with Gasteiger partial charge in [-0.3, -0.25) is 9.78 Å². The summed E-state index contributed by atoms with van der Waals surface area (Å²) in [6.07, 6.45) is 5.76. The van der Waals surface area contributed by atoms with Crippen molar-refractivity contribution in [1.82, 2.24) is 19.5 Å². The fourth-order valence-corrected chi connectivity index (χ4v) is 4.64. The Bertz CT molecular complexity index is 1570. The third-order valence-corrected chi connectivity index (χ3v) is 6.49. The first kappa shape index (κ1) is 21.7. The monoisotopic (exact) mass is 473 g/mol. The van der Waals surface area contributed by atoms with Gasteiger partial charge in [-0.1, -0.05) is 48.5 Å². The first-order chi connectivity index (χ1) is 17.7. The van der Waals surface area contributed by atoms with E-state index in [1.807, 2.05) is 79.1 Å². The molecule has 3 aromatic carbocycles. The Morgan fingerprint density at radius 1 is 0.944 bits per heavy atom. The summed E-state index contributed by atoms with van der Waals surface area (Å²) < 4.78 is 2.09. The van der Waals surface area contributed by atoms with E-state index in [9.17, 15) is 9.90 Å². The second kappa shape index (κ2) is 9.11. The van der Waals surface area contributed by atoms with Crippen LogP contribution in [-0.2, 0) is 6.54 Å². The van der Waals surface area contributed by atoms with E-state index in [1.54, 1.807) is 24.5 Å². The van der Waals surface area contributed by atoms with Gasteiger partial charge in [0.1, 0.15) is 5.75 Å². The summed E-state index contributed by atoms with van der Waals surface area (Å²) >= 11 is 0. The smallest absolute Gasteiger partial charge is 0.274 e. The maximum atomic E-state index is 13.6. The van der Waals surface area contributed by atoms with Gasteiger partial charge < -0.3 is 9.67 Å². The molecule has 1 aliphatic rings. The minimum absolute atomic E-state index is 0.144. The molecule has 0 saturated carbocycles. The zero-order valence-corrected chi connectivity index (χ0v) is 19.4. The Labute approximate surface area is 208 Å². The number of carbonyl (C=O) groups is 1. The molecule has 0 aliphatic carbocycles. The standard InChI is InChI=1S/C29H23N5O2/c35-28-10-4-1-7-23(28)27-16-25(22-6-5-15-30-17-22)32-34(27)29(36)21-13-11-20(12-14-21)18-33-19-31-24-8-2-3-9-26(24)33/h1-15,17,19,27,35H,16,18H2. The third kappa shape index (κ3) is 4.01. The highest BCUT2D eigenvalue weighted by Gasteiger charge is 2.35. The van der Waals surface area contributed by atoms with Crippen LogP contribution in [0.25, 0.3) is 11.0 Å². The molecule has 0 fully saturated rings. The number of aromatic nitrogens is 3. The maximum absolute atomic E-state index is 13.6. The van der Waals surface area contributed by atoms with Gasteiger partial charge in [-0.15, -0.1) is 0 Å². The van der Waals surface area contributed by atoms with Crippen molar-refractivity contribution in [2.75, 3.05) is 0 Å². The number of nitrogens with zero attached hydrogens (tertiary/aromatic N) is 5. The van der Waals surface area contributed by atoms with E-state index in [1.165, 1.54) is 5.01 Å². The van der Waals surface area contributed by atoms with E-state index >= 15 is 0 Å². The number of hydrogen-bond acceptors (Lipinski definition) is 5. The summed E-state index contributed by atoms with van der Waals surface area (Å²) in [6, 6.07) is 26.0. The van der Waals surface area contributed by atoms with E-state index in [4.69, 9.17) is 0 Å². The van der Waals surface area contributed by atoms with Crippen LogP contribution in [0.3, 0.4) is 0 Å². The van der Waals surface area contributed by atoms with E-state index in [0.717, 1.165) is 27.9 Å². The lowest BCUT2D eigenvalue weighted by molar-refractivity contribution is 0.0709. The average molecular weight is 474 g/mol. The van der Waals surface area contributed by atoms with Crippen molar-refractivity contribution in [3.8, 4) is 5.75 Å². The molecule has 2 aromatic heterocycles. The largest absolute Gasteiger partial charge is 0.508 e. The second-order valence-electron chi connectivity index (χ2n) is 8.77. The van der Waals surface area contributed by atoms with Gasteiger partial charge in [0.15, 0.2) is 0 Å². The molecule has 1 amide bonds. The third-order valence-electron chi connectivity index (χ3n) is 6.49. The second-order valence-corrected chi connectivity index (χ2v) is 8.77. The molecule has 0 bridgehead atoms. The van der Waals surface area contributed by atoms with E-state index in [0.29, 0.717) is 24.1 Å². The van der Waals surface area contributed by atoms with Gasteiger partial charge in [-0.2, -0.15) is 5.10 Å². The van der Waals surface area contributed by atoms with Gasteiger partial charge in [0, 0.05) is 42.0 Å². The van der Waals surface area contributed by atoms with E-state index in [2.05, 4.69) is 19.6 Å². The van der Waals surface area contributed by atoms with Crippen molar-refractivity contribution < 1.29 is 9.90 Å². The van der Waals surface area contributed by atoms with Crippen LogP contribution >= 0.6 is 0 Å². The number of hydrazone groups is 1. The molecule has 0 radical (unpaired) electrons. The van der Waals surface area contributed by atoms with Crippen molar-refractivity contribution in [1.29, 1.82) is 0 Å². The number of phenols is 1. The lowest BCUT2D eigenvalue weighted by Crippen LogP contribution is -2.27. The van der Waals surface area contributed by atoms with Crippen LogP contribution in [0.2, 0.25) is 0 Å². The summed E-state index contributed by atoms with van der Waals surface area (Å²) in [5.41, 5.74) is 5.90. The molecule has 1 atom stereocenters. The molecule has 176 valence electrons. The number of hydrogen-bond donors (Lipinski definition) is 1. The fourth-order valence-electron chi connectivity index (χ4n) is 4.64. The van der Waals surface area contributed by atoms with Crippen LogP contribution in [0.5, 0.6) is 5.75 Å². The average Bonchev–Trinajstić information content (AvgIpc) is 3.55. The number of fused-ring (bicyclic) bond motifs is 1. The summed E-state index contributed by atoms with van der Waals surface area (Å²) in [4.78, 5) is 22.3. The fraction of sp³-hybridized carbons (Fsp3) is 0.103. The summed E-state index contributed by atoms with van der Waals surface area (Å²) in [5, 5.41) is 16.7. The molecular weight excluding hydrogens is 450 g/mol. The quantitative estimate of drug-likeness (QED) is 0.381. The Morgan fingerprint density at radius 2 is 1.75 bits per heavy atom. The minimum atomic E-state index is -0.411. The number of aromatic hydroxyl groups is 1. The Morgan fingerprint density at radius 3 is 2.56 bits per heavy atom. The Kier molecular flexibility index (Phi) is 5.50. The molecule has 0 spiro atoms. The first-order valence-corrected chi connectivity index (χ1v) is 11.8. The van der Waals surface area contributed by atoms with Crippen molar-refractivity contribution in [3.63, 3.8) is 0 Å². The highest BCUT2D eigenvalue weighted by molar-refractivity contribution is 6.04. The molecular formula is C29H23N5O2. The lowest BCUT2D eigenvalue weighted by Gasteiger charge is -2.23. The molecule has 1 N–H and O–H groups in total. The zero-order chi connectivity index (χ0) is 24.5. The number of amides is 1. The van der Waals surface area contributed by atoms with Gasteiger partial charge in [0.05, 0.1) is 29.1 Å². The molecule has 1 aliphatic heterocycles. The number of imidazole rings is 1. The van der Waals surface area contributed by atoms with Crippen LogP contribution in [0.15, 0.2) is 109 Å². The molecule has 3 heterocycles. The normalized spacial score (nSPS) is 15.3. The van der Waals surface area contributed by atoms with Crippen molar-refractivity contribution in [3.05, 3.63) is 126 Å². The van der Waals surface area contributed by atoms with Crippen molar-refractivity contribution in [2.24, 2.45) is 5.10 Å². The predicted octanol–water partition coefficient (Wildman–Crippen LogP) is 5.18. The number of carbonyl (C=O) groups excluding carboxylic acids is 1. The molecule has 7 heteroatoms. The zero-order valence-electron chi connectivity index (χ0n) is 19.4. The predicted molar refractivity (Wildman–Crippen MR) is 138 cm³/mol. The van der Waals surface area contributed by atoms with Crippen LogP contribution < -0.4 is 0 Å². The van der Waals surface area contributed by atoms with Gasteiger partial charge in [-0.05, 0) is 42.0 Å². The molecule has 6 rings (SSSR count). The van der Waals surface area contributed by atoms with Gasteiger partial charge >= 0.3 is 0 Å². The number of benzene rings is 3. The number of phenolic OH excluding ortho intramolecular Hbond substituents is 1. The highest BCUT2D eigenvalue weighted by Crippen LogP contribution is 2.37. The van der Waals surface area contributed by atoms with Gasteiger partial charge in [0.2, 0.25) is 0 Å². The van der Waals surface area contributed by atoms with Gasteiger partial charge in [0.25, 0.3) is 5.91 Å². The highest BCUT2D eigenvalue weighted by atomic mass is 16.3. The maximum Gasteiger partial charge on any atom is 0.274 e. The number of rotatable bonds is 5. The van der Waals surface area contributed by atoms with Crippen molar-refractivity contribution in [2.45, 2.75) is 19.0 Å². The lowest BCUT2D eigenvalue weighted by atomic mass is 9.98. The van der Waals surface area contributed by atoms with Gasteiger partial charge in [-0.25, -0.2) is 9.99 Å². The first-order valence-electron chi connectivity index (χ1n) is 11.8. The summed E-state index contributed by atoms with van der Waals surface area (Å²) in [6.45, 7) is 0.655. The molecule has 1 unspecified atom stereocenters. The molecule has 0 saturated heterocycles. The number of pyridine rings is 1. The molecule has 5 aromatic rings. The summed E-state index contributed by atoms with van der Waals surface area (Å²) in [7, 11) is 0. The molecule has 36 heavy (non-hydrogen) atoms. The van der Waals surface area contributed by atoms with Crippen molar-refractivity contribution >= 4 is 22.7 Å². The molecule has 7 nitrogen and oxygen atoms in total. The Balaban J connectivity index is 1.29. The minimum Gasteiger partial charge on any atom is -0.508 e. The van der Waals surface area contributed by atoms with Crippen LogP contribution in [0, 0.1) is 0 Å². The van der Waals surface area contributed by atoms with Crippen LogP contribution in [0.4, 0.5) is 0 Å². The summed E-state index contributed by atoms with van der Waals surface area (Å²) in [5.74, 6) is -0.0763. The van der Waals surface area contributed by atoms with Crippen LogP contribution in [0.1, 0.15) is 39.5 Å². The number of para-hydroxylation sites is 3. The Hall–Kier alpha value is -4.78. The van der Waals surface area contributed by atoms with E-state index in [-0.39, 0.29) is 11.7 Å². The van der Waals surface area contributed by atoms with E-state index < -0.39 is 6.04 Å². The SMILES string of the molecule is O=C(c1ccc(Cn2cnc3ccccc32)cc1)N1N=C(c2cccnc2)CC1c1ccccc1O. The van der Waals surface area contributed by atoms with Crippen LogP contribution in [-0.4, -0.2) is 36.3 Å². The topological polar surface area (TPSA) is 83.6 Å².